The highest BCUT2D eigenvalue weighted by atomic mass is 35.5. The van der Waals surface area contributed by atoms with Crippen molar-refractivity contribution in [2.45, 2.75) is 30.9 Å². The molecule has 0 amide bonds. The second-order valence-corrected chi connectivity index (χ2v) is 7.47. The monoisotopic (exact) mass is 347 g/mol. The summed E-state index contributed by atoms with van der Waals surface area (Å²) in [5, 5.41) is -0.00533. The number of nitrogens with zero attached hydrogens (tertiary/aromatic N) is 1. The van der Waals surface area contributed by atoms with E-state index in [9.17, 15) is 13.2 Å². The Morgan fingerprint density at radius 2 is 2.09 bits per heavy atom. The Bertz CT molecular complexity index is 676. The van der Waals surface area contributed by atoms with Crippen LogP contribution in [-0.2, 0) is 19.5 Å². The van der Waals surface area contributed by atoms with Crippen LogP contribution in [-0.4, -0.2) is 51.1 Å². The highest BCUT2D eigenvalue weighted by molar-refractivity contribution is 7.89. The van der Waals surface area contributed by atoms with E-state index in [4.69, 9.17) is 16.3 Å². The van der Waals surface area contributed by atoms with Gasteiger partial charge in [-0.2, -0.15) is 4.31 Å². The number of carbonyl (C=O) groups is 1. The van der Waals surface area contributed by atoms with Crippen LogP contribution in [0.3, 0.4) is 0 Å². The van der Waals surface area contributed by atoms with E-state index < -0.39 is 16.0 Å². The van der Waals surface area contributed by atoms with E-state index in [0.717, 1.165) is 0 Å². The number of rotatable bonds is 3. The maximum absolute atomic E-state index is 12.8. The summed E-state index contributed by atoms with van der Waals surface area (Å²) >= 11 is 6.07. The van der Waals surface area contributed by atoms with Gasteiger partial charge >= 0.3 is 5.97 Å². The van der Waals surface area contributed by atoms with Crippen LogP contribution in [0.4, 0.5) is 0 Å². The lowest BCUT2D eigenvalue weighted by Gasteiger charge is -2.35. The molecule has 2 rings (SSSR count). The minimum atomic E-state index is -3.75. The summed E-state index contributed by atoms with van der Waals surface area (Å²) in [5.41, 5.74) is 0.204. The van der Waals surface area contributed by atoms with E-state index in [1.54, 1.807) is 6.92 Å². The molecule has 0 saturated carbocycles. The highest BCUT2D eigenvalue weighted by Gasteiger charge is 2.35. The zero-order valence-electron chi connectivity index (χ0n) is 12.6. The Balaban J connectivity index is 2.39. The van der Waals surface area contributed by atoms with Gasteiger partial charge in [0.15, 0.2) is 0 Å². The first kappa shape index (κ1) is 17.2. The average Bonchev–Trinajstić information content (AvgIpc) is 2.48. The number of benzene rings is 1. The third-order valence-corrected chi connectivity index (χ3v) is 5.95. The van der Waals surface area contributed by atoms with Gasteiger partial charge in [0.1, 0.15) is 4.90 Å². The van der Waals surface area contributed by atoms with Gasteiger partial charge in [-0.1, -0.05) is 11.6 Å². The van der Waals surface area contributed by atoms with Crippen molar-refractivity contribution in [2.75, 3.05) is 20.3 Å². The Morgan fingerprint density at radius 1 is 1.41 bits per heavy atom. The number of methoxy groups -OCH3 is 1. The fourth-order valence-corrected chi connectivity index (χ4v) is 4.50. The molecule has 0 N–H and O–H groups in total. The maximum Gasteiger partial charge on any atom is 0.337 e. The minimum Gasteiger partial charge on any atom is -0.465 e. The van der Waals surface area contributed by atoms with Gasteiger partial charge in [0, 0.05) is 12.6 Å². The van der Waals surface area contributed by atoms with Gasteiger partial charge in [-0.05, 0) is 32.0 Å². The summed E-state index contributed by atoms with van der Waals surface area (Å²) < 4.78 is 37.0. The number of hydrogen-bond donors (Lipinski definition) is 0. The van der Waals surface area contributed by atoms with Crippen molar-refractivity contribution in [1.29, 1.82) is 0 Å². The SMILES string of the molecule is COC(=O)c1ccc(S(=O)(=O)N2C[C@@H](C)OC[C@H]2C)c(Cl)c1. The molecule has 0 radical (unpaired) electrons. The molecule has 0 unspecified atom stereocenters. The minimum absolute atomic E-state index is 0.00533. The predicted octanol–water partition coefficient (Wildman–Crippen LogP) is 1.92. The third kappa shape index (κ3) is 3.27. The molecule has 8 heteroatoms. The molecular weight excluding hydrogens is 330 g/mol. The van der Waals surface area contributed by atoms with E-state index in [1.807, 2.05) is 6.92 Å². The molecule has 1 aliphatic rings. The number of esters is 1. The third-order valence-electron chi connectivity index (χ3n) is 3.49. The molecule has 1 aromatic rings. The molecule has 1 heterocycles. The second-order valence-electron chi connectivity index (χ2n) is 5.20. The highest BCUT2D eigenvalue weighted by Crippen LogP contribution is 2.29. The average molecular weight is 348 g/mol. The number of morpholine rings is 1. The largest absolute Gasteiger partial charge is 0.465 e. The van der Waals surface area contributed by atoms with Crippen LogP contribution in [0.1, 0.15) is 24.2 Å². The molecule has 1 fully saturated rings. The Morgan fingerprint density at radius 3 is 2.68 bits per heavy atom. The molecule has 2 atom stereocenters. The Hall–Kier alpha value is -1.15. The molecule has 0 aromatic heterocycles. The van der Waals surface area contributed by atoms with Gasteiger partial charge in [-0.3, -0.25) is 0 Å². The molecule has 122 valence electrons. The van der Waals surface area contributed by atoms with E-state index in [2.05, 4.69) is 4.74 Å². The van der Waals surface area contributed by atoms with Crippen LogP contribution >= 0.6 is 11.6 Å². The first-order valence-corrected chi connectivity index (χ1v) is 8.60. The van der Waals surface area contributed by atoms with Crippen molar-refractivity contribution in [2.24, 2.45) is 0 Å². The van der Waals surface area contributed by atoms with E-state index in [1.165, 1.54) is 29.6 Å². The van der Waals surface area contributed by atoms with E-state index >= 15 is 0 Å². The van der Waals surface area contributed by atoms with E-state index in [-0.39, 0.29) is 34.2 Å². The first-order valence-electron chi connectivity index (χ1n) is 6.78. The second kappa shape index (κ2) is 6.54. The Kier molecular flexibility index (Phi) is 5.11. The first-order chi connectivity index (χ1) is 10.3. The van der Waals surface area contributed by atoms with Gasteiger partial charge < -0.3 is 9.47 Å². The van der Waals surface area contributed by atoms with Crippen molar-refractivity contribution in [3.8, 4) is 0 Å². The fourth-order valence-electron chi connectivity index (χ4n) is 2.29. The summed E-state index contributed by atoms with van der Waals surface area (Å²) in [5.74, 6) is -0.570. The number of carbonyl (C=O) groups excluding carboxylic acids is 1. The zero-order valence-corrected chi connectivity index (χ0v) is 14.1. The number of halogens is 1. The summed E-state index contributed by atoms with van der Waals surface area (Å²) in [6.07, 6.45) is -0.181. The van der Waals surface area contributed by atoms with Gasteiger partial charge in [0.05, 0.1) is 30.4 Å². The van der Waals surface area contributed by atoms with Crippen LogP contribution in [0, 0.1) is 0 Å². The number of sulfonamides is 1. The lowest BCUT2D eigenvalue weighted by atomic mass is 10.2. The quantitative estimate of drug-likeness (QED) is 0.781. The summed E-state index contributed by atoms with van der Waals surface area (Å²) in [6.45, 7) is 4.19. The van der Waals surface area contributed by atoms with Gasteiger partial charge in [0.2, 0.25) is 10.0 Å². The van der Waals surface area contributed by atoms with Crippen molar-refractivity contribution in [3.05, 3.63) is 28.8 Å². The Labute approximate surface area is 135 Å². The summed E-state index contributed by atoms with van der Waals surface area (Å²) in [4.78, 5) is 11.4. The van der Waals surface area contributed by atoms with E-state index in [0.29, 0.717) is 6.61 Å². The van der Waals surface area contributed by atoms with Crippen LogP contribution in [0.2, 0.25) is 5.02 Å². The molecule has 0 bridgehead atoms. The van der Waals surface area contributed by atoms with Crippen LogP contribution < -0.4 is 0 Å². The van der Waals surface area contributed by atoms with Crippen LogP contribution in [0.15, 0.2) is 23.1 Å². The lowest BCUT2D eigenvalue weighted by Crippen LogP contribution is -2.50. The van der Waals surface area contributed by atoms with Gasteiger partial charge in [-0.15, -0.1) is 0 Å². The predicted molar refractivity (Wildman–Crippen MR) is 81.6 cm³/mol. The van der Waals surface area contributed by atoms with Crippen molar-refractivity contribution >= 4 is 27.6 Å². The lowest BCUT2D eigenvalue weighted by molar-refractivity contribution is -0.0170. The molecule has 6 nitrogen and oxygen atoms in total. The maximum atomic E-state index is 12.8. The summed E-state index contributed by atoms with van der Waals surface area (Å²) in [6, 6.07) is 3.74. The summed E-state index contributed by atoms with van der Waals surface area (Å²) in [7, 11) is -2.51. The molecule has 1 saturated heterocycles. The fraction of sp³-hybridized carbons (Fsp3) is 0.500. The normalized spacial score (nSPS) is 23.3. The topological polar surface area (TPSA) is 72.9 Å². The number of ether oxygens (including phenoxy) is 2. The van der Waals surface area contributed by atoms with Gasteiger partial charge in [-0.25, -0.2) is 13.2 Å². The number of hydrogen-bond acceptors (Lipinski definition) is 5. The molecule has 0 aliphatic carbocycles. The van der Waals surface area contributed by atoms with Crippen LogP contribution in [0.25, 0.3) is 0 Å². The van der Waals surface area contributed by atoms with Crippen LogP contribution in [0.5, 0.6) is 0 Å². The van der Waals surface area contributed by atoms with Crippen molar-refractivity contribution < 1.29 is 22.7 Å². The smallest absolute Gasteiger partial charge is 0.337 e. The zero-order chi connectivity index (χ0) is 16.5. The molecule has 0 spiro atoms. The molecule has 1 aromatic carbocycles. The molecule has 1 aliphatic heterocycles. The molecule has 22 heavy (non-hydrogen) atoms. The van der Waals surface area contributed by atoms with Crippen molar-refractivity contribution in [1.82, 2.24) is 4.31 Å². The van der Waals surface area contributed by atoms with Crippen molar-refractivity contribution in [3.63, 3.8) is 0 Å². The molecular formula is C14H18ClNO5S. The van der Waals surface area contributed by atoms with Gasteiger partial charge in [0.25, 0.3) is 0 Å². The standard InChI is InChI=1S/C14H18ClNO5S/c1-9-8-21-10(2)7-16(9)22(18,19)13-5-4-11(6-12(13)15)14(17)20-3/h4-6,9-10H,7-8H2,1-3H3/t9-,10-/m1/s1.